The summed E-state index contributed by atoms with van der Waals surface area (Å²) in [5.74, 6) is -6.06. The Morgan fingerprint density at radius 3 is 2.08 bits per heavy atom. The summed E-state index contributed by atoms with van der Waals surface area (Å²) in [6, 6.07) is 1.27. The van der Waals surface area contributed by atoms with Crippen molar-refractivity contribution in [3.63, 3.8) is 0 Å². The number of hydrogen-bond acceptors (Lipinski definition) is 8. The van der Waals surface area contributed by atoms with E-state index in [0.29, 0.717) is 5.56 Å². The molecular weight excluding hydrogens is 514 g/mol. The van der Waals surface area contributed by atoms with E-state index in [1.807, 2.05) is 0 Å². The van der Waals surface area contributed by atoms with Gasteiger partial charge in [0, 0.05) is 29.9 Å². The fourth-order valence-corrected chi connectivity index (χ4v) is 3.72. The first-order valence-electron chi connectivity index (χ1n) is 12.0. The summed E-state index contributed by atoms with van der Waals surface area (Å²) in [4.78, 5) is 76.1. The van der Waals surface area contributed by atoms with Gasteiger partial charge in [-0.3, -0.25) is 24.0 Å². The number of carbonyl (C=O) groups is 6. The largest absolute Gasteiger partial charge is 0.480 e. The van der Waals surface area contributed by atoms with Gasteiger partial charge < -0.3 is 48.3 Å². The molecule has 0 spiro atoms. The van der Waals surface area contributed by atoms with E-state index in [0.717, 1.165) is 10.9 Å². The van der Waals surface area contributed by atoms with E-state index in [1.165, 1.54) is 6.92 Å². The summed E-state index contributed by atoms with van der Waals surface area (Å²) in [5.41, 5.74) is 17.3. The molecule has 1 heterocycles. The number of H-pyrrole nitrogens is 1. The van der Waals surface area contributed by atoms with Crippen molar-refractivity contribution in [2.45, 2.75) is 62.9 Å². The van der Waals surface area contributed by atoms with Gasteiger partial charge in [-0.25, -0.2) is 4.79 Å². The molecule has 5 atom stereocenters. The number of amides is 5. The van der Waals surface area contributed by atoms with Crippen molar-refractivity contribution in [1.82, 2.24) is 20.9 Å². The number of aromatic amines is 1. The van der Waals surface area contributed by atoms with Gasteiger partial charge in [-0.1, -0.05) is 18.2 Å². The van der Waals surface area contributed by atoms with E-state index in [2.05, 4.69) is 20.9 Å². The standard InChI is InChI=1S/C24H33N7O8/c1-11(32)20(27)23(37)29-15(6-7-18(25)33)21(35)30-16(9-19(26)34)22(36)31-17(24(38)39)8-12-10-28-14-5-3-2-4-13(12)14/h2-5,10-11,15-17,20,28,32H,6-9,27H2,1H3,(H2,25,33)(H2,26,34)(H,29,37)(H,30,35)(H,31,36)(H,38,39). The van der Waals surface area contributed by atoms with Crippen LogP contribution >= 0.6 is 0 Å². The Labute approximate surface area is 222 Å². The highest BCUT2D eigenvalue weighted by atomic mass is 16.4. The second-order valence-corrected chi connectivity index (χ2v) is 9.03. The summed E-state index contributed by atoms with van der Waals surface area (Å²) < 4.78 is 0. The minimum atomic E-state index is -1.61. The highest BCUT2D eigenvalue weighted by Gasteiger charge is 2.32. The molecule has 0 fully saturated rings. The molecule has 12 N–H and O–H groups in total. The molecule has 15 heteroatoms. The first-order chi connectivity index (χ1) is 18.3. The van der Waals surface area contributed by atoms with Crippen LogP contribution in [0.1, 0.15) is 31.7 Å². The molecule has 15 nitrogen and oxygen atoms in total. The zero-order chi connectivity index (χ0) is 29.3. The van der Waals surface area contributed by atoms with Crippen LogP contribution in [0, 0.1) is 0 Å². The van der Waals surface area contributed by atoms with Crippen LogP contribution in [0.15, 0.2) is 30.5 Å². The fraction of sp³-hybridized carbons (Fsp3) is 0.417. The van der Waals surface area contributed by atoms with Crippen molar-refractivity contribution >= 4 is 46.4 Å². The van der Waals surface area contributed by atoms with Gasteiger partial charge in [0.1, 0.15) is 24.2 Å². The van der Waals surface area contributed by atoms with Crippen molar-refractivity contribution in [3.05, 3.63) is 36.0 Å². The Kier molecular flexibility index (Phi) is 10.9. The van der Waals surface area contributed by atoms with Crippen molar-refractivity contribution in [2.24, 2.45) is 17.2 Å². The van der Waals surface area contributed by atoms with Crippen molar-refractivity contribution in [2.75, 3.05) is 0 Å². The molecule has 2 aromatic rings. The highest BCUT2D eigenvalue weighted by molar-refractivity contribution is 5.96. The summed E-state index contributed by atoms with van der Waals surface area (Å²) in [7, 11) is 0. The minimum absolute atomic E-state index is 0.114. The molecule has 0 aliphatic heterocycles. The second-order valence-electron chi connectivity index (χ2n) is 9.03. The molecule has 5 unspecified atom stereocenters. The summed E-state index contributed by atoms with van der Waals surface area (Å²) in [6.45, 7) is 1.26. The van der Waals surface area contributed by atoms with Gasteiger partial charge in [-0.05, 0) is 25.0 Å². The normalized spacial score (nSPS) is 14.8. The maximum absolute atomic E-state index is 13.0. The number of benzene rings is 1. The molecule has 0 radical (unpaired) electrons. The third-order valence-electron chi connectivity index (χ3n) is 5.89. The van der Waals surface area contributed by atoms with Crippen LogP contribution in [0.2, 0.25) is 0 Å². The lowest BCUT2D eigenvalue weighted by Gasteiger charge is -2.25. The van der Waals surface area contributed by atoms with Gasteiger partial charge in [0.05, 0.1) is 12.5 Å². The van der Waals surface area contributed by atoms with Crippen LogP contribution in [-0.2, 0) is 35.2 Å². The number of aliphatic hydroxyl groups is 1. The maximum atomic E-state index is 13.0. The van der Waals surface area contributed by atoms with Gasteiger partial charge in [0.25, 0.3) is 0 Å². The Hall–Kier alpha value is -4.50. The lowest BCUT2D eigenvalue weighted by atomic mass is 10.0. The predicted molar refractivity (Wildman–Crippen MR) is 137 cm³/mol. The van der Waals surface area contributed by atoms with E-state index in [-0.39, 0.29) is 19.3 Å². The average molecular weight is 548 g/mol. The number of carboxylic acids is 1. The SMILES string of the molecule is CC(O)C(N)C(=O)NC(CCC(N)=O)C(=O)NC(CC(N)=O)C(=O)NC(Cc1c[nH]c2ccccc12)C(=O)O. The van der Waals surface area contributed by atoms with Crippen LogP contribution in [-0.4, -0.2) is 81.0 Å². The topological polar surface area (TPSA) is 273 Å². The van der Waals surface area contributed by atoms with E-state index in [4.69, 9.17) is 17.2 Å². The summed E-state index contributed by atoms with van der Waals surface area (Å²) in [6.07, 6.45) is -1.08. The number of hydrogen-bond donors (Lipinski definition) is 9. The number of nitrogens with two attached hydrogens (primary N) is 3. The number of rotatable bonds is 15. The van der Waals surface area contributed by atoms with Crippen LogP contribution in [0.5, 0.6) is 0 Å². The molecule has 0 bridgehead atoms. The van der Waals surface area contributed by atoms with Gasteiger partial charge in [-0.15, -0.1) is 0 Å². The molecule has 5 amide bonds. The highest BCUT2D eigenvalue weighted by Crippen LogP contribution is 2.19. The fourth-order valence-electron chi connectivity index (χ4n) is 3.72. The second kappa shape index (κ2) is 13.9. The Morgan fingerprint density at radius 1 is 0.897 bits per heavy atom. The Bertz CT molecular complexity index is 1230. The van der Waals surface area contributed by atoms with Crippen molar-refractivity contribution < 1.29 is 39.0 Å². The molecule has 0 saturated carbocycles. The van der Waals surface area contributed by atoms with Crippen molar-refractivity contribution in [3.8, 4) is 0 Å². The zero-order valence-electron chi connectivity index (χ0n) is 21.2. The zero-order valence-corrected chi connectivity index (χ0v) is 21.2. The third kappa shape index (κ3) is 9.08. The minimum Gasteiger partial charge on any atom is -0.480 e. The number of carbonyl (C=O) groups excluding carboxylic acids is 5. The Balaban J connectivity index is 2.20. The number of fused-ring (bicyclic) bond motifs is 1. The molecule has 39 heavy (non-hydrogen) atoms. The van der Waals surface area contributed by atoms with E-state index < -0.39 is 72.2 Å². The maximum Gasteiger partial charge on any atom is 0.326 e. The lowest BCUT2D eigenvalue weighted by molar-refractivity contribution is -0.142. The number of carboxylic acid groups (broad SMARTS) is 1. The first kappa shape index (κ1) is 30.7. The van der Waals surface area contributed by atoms with Gasteiger partial charge in [-0.2, -0.15) is 0 Å². The quantitative estimate of drug-likeness (QED) is 0.110. The molecule has 212 valence electrons. The Morgan fingerprint density at radius 2 is 1.49 bits per heavy atom. The number of nitrogens with one attached hydrogen (secondary N) is 4. The molecule has 0 saturated heterocycles. The predicted octanol–water partition coefficient (Wildman–Crippen LogP) is -2.90. The van der Waals surface area contributed by atoms with E-state index in [9.17, 15) is 39.0 Å². The molecule has 0 aliphatic carbocycles. The molecule has 1 aromatic heterocycles. The van der Waals surface area contributed by atoms with Crippen LogP contribution in [0.3, 0.4) is 0 Å². The molecule has 0 aliphatic rings. The van der Waals surface area contributed by atoms with Crippen molar-refractivity contribution in [1.29, 1.82) is 0 Å². The van der Waals surface area contributed by atoms with Crippen LogP contribution in [0.4, 0.5) is 0 Å². The van der Waals surface area contributed by atoms with E-state index in [1.54, 1.807) is 30.5 Å². The van der Waals surface area contributed by atoms with Crippen LogP contribution < -0.4 is 33.2 Å². The van der Waals surface area contributed by atoms with Gasteiger partial charge >= 0.3 is 5.97 Å². The summed E-state index contributed by atoms with van der Waals surface area (Å²) in [5, 5.41) is 26.8. The molecular formula is C24H33N7O8. The van der Waals surface area contributed by atoms with Crippen LogP contribution in [0.25, 0.3) is 10.9 Å². The monoisotopic (exact) mass is 547 g/mol. The van der Waals surface area contributed by atoms with E-state index >= 15 is 0 Å². The molecule has 2 rings (SSSR count). The molecule has 1 aromatic carbocycles. The number of aliphatic carboxylic acids is 1. The van der Waals surface area contributed by atoms with Gasteiger partial charge in [0.15, 0.2) is 0 Å². The smallest absolute Gasteiger partial charge is 0.326 e. The third-order valence-corrected chi connectivity index (χ3v) is 5.89. The van der Waals surface area contributed by atoms with Gasteiger partial charge in [0.2, 0.25) is 29.5 Å². The number of para-hydroxylation sites is 1. The number of primary amides is 2. The first-order valence-corrected chi connectivity index (χ1v) is 12.0. The average Bonchev–Trinajstić information content (AvgIpc) is 3.27. The number of aromatic nitrogens is 1. The lowest BCUT2D eigenvalue weighted by Crippen LogP contribution is -2.58. The number of aliphatic hydroxyl groups excluding tert-OH is 1. The summed E-state index contributed by atoms with van der Waals surface area (Å²) >= 11 is 0.